The molecule has 2 saturated heterocycles. The fourth-order valence-electron chi connectivity index (χ4n) is 5.47. The van der Waals surface area contributed by atoms with E-state index in [1.807, 2.05) is 11.9 Å². The van der Waals surface area contributed by atoms with Gasteiger partial charge in [-0.15, -0.1) is 0 Å². The number of hydrogen-bond donors (Lipinski definition) is 1. The van der Waals surface area contributed by atoms with Gasteiger partial charge in [0.2, 0.25) is 5.91 Å². The average Bonchev–Trinajstić information content (AvgIpc) is 3.39. The number of guanidine groups is 1. The fraction of sp³-hybridized carbons (Fsp3) is 0.680. The van der Waals surface area contributed by atoms with Gasteiger partial charge in [-0.25, -0.2) is 0 Å². The topological polar surface area (TPSA) is 51.2 Å². The maximum Gasteiger partial charge on any atom is 0.222 e. The Kier molecular flexibility index (Phi) is 7.49. The average molecular weight is 426 g/mol. The molecule has 170 valence electrons. The zero-order valence-electron chi connectivity index (χ0n) is 19.4. The quantitative estimate of drug-likeness (QED) is 0.538. The number of fused-ring (bicyclic) bond motifs is 1. The number of piperidine rings is 1. The van der Waals surface area contributed by atoms with Crippen molar-refractivity contribution in [2.75, 3.05) is 57.8 Å². The third-order valence-corrected chi connectivity index (χ3v) is 7.45. The molecule has 6 heteroatoms. The molecule has 0 bridgehead atoms. The molecular weight excluding hydrogens is 386 g/mol. The minimum absolute atomic E-state index is 0.324. The Labute approximate surface area is 187 Å². The summed E-state index contributed by atoms with van der Waals surface area (Å²) in [6.45, 7) is 9.65. The Hall–Kier alpha value is -2.08. The van der Waals surface area contributed by atoms with Crippen molar-refractivity contribution >= 4 is 17.6 Å². The molecule has 3 heterocycles. The lowest BCUT2D eigenvalue weighted by atomic mass is 9.93. The predicted octanol–water partition coefficient (Wildman–Crippen LogP) is 3.30. The maximum atomic E-state index is 12.0. The molecule has 2 fully saturated rings. The standard InChI is InChI=1S/C25H39N5O/c1-3-28-16-11-20(12-17-28)10-14-27-25(26-2)30-19-21(22-7-4-5-8-23(22)30)13-18-29-15-6-9-24(29)31/h4-5,7-8,20-21H,3,6,9-19H2,1-2H3,(H,26,27). The van der Waals surface area contributed by atoms with Crippen molar-refractivity contribution < 1.29 is 4.79 Å². The van der Waals surface area contributed by atoms with E-state index in [0.29, 0.717) is 11.8 Å². The van der Waals surface area contributed by atoms with E-state index in [4.69, 9.17) is 0 Å². The molecular formula is C25H39N5O. The van der Waals surface area contributed by atoms with Gasteiger partial charge in [0.15, 0.2) is 5.96 Å². The number of para-hydroxylation sites is 1. The Morgan fingerprint density at radius 2 is 1.97 bits per heavy atom. The van der Waals surface area contributed by atoms with Gasteiger partial charge in [0, 0.05) is 51.3 Å². The van der Waals surface area contributed by atoms with E-state index in [-0.39, 0.29) is 0 Å². The van der Waals surface area contributed by atoms with Crippen LogP contribution in [0.4, 0.5) is 5.69 Å². The van der Waals surface area contributed by atoms with Gasteiger partial charge in [-0.2, -0.15) is 0 Å². The number of nitrogens with one attached hydrogen (secondary N) is 1. The first-order valence-electron chi connectivity index (χ1n) is 12.3. The molecule has 1 atom stereocenters. The molecule has 0 spiro atoms. The van der Waals surface area contributed by atoms with Gasteiger partial charge in [0.25, 0.3) is 0 Å². The van der Waals surface area contributed by atoms with Crippen molar-refractivity contribution in [3.05, 3.63) is 29.8 Å². The van der Waals surface area contributed by atoms with Crippen molar-refractivity contribution in [2.24, 2.45) is 10.9 Å². The highest BCUT2D eigenvalue weighted by Crippen LogP contribution is 2.38. The zero-order chi connectivity index (χ0) is 21.6. The summed E-state index contributed by atoms with van der Waals surface area (Å²) in [6.07, 6.45) is 6.61. The summed E-state index contributed by atoms with van der Waals surface area (Å²) in [7, 11) is 1.89. The highest BCUT2D eigenvalue weighted by molar-refractivity contribution is 5.98. The monoisotopic (exact) mass is 425 g/mol. The van der Waals surface area contributed by atoms with Crippen molar-refractivity contribution in [3.63, 3.8) is 0 Å². The van der Waals surface area contributed by atoms with Crippen LogP contribution in [0.3, 0.4) is 0 Å². The number of nitrogens with zero attached hydrogens (tertiary/aromatic N) is 4. The molecule has 1 aromatic rings. The second kappa shape index (κ2) is 10.5. The van der Waals surface area contributed by atoms with E-state index in [1.54, 1.807) is 0 Å². The number of carbonyl (C=O) groups is 1. The number of aliphatic imine (C=N–C) groups is 1. The summed E-state index contributed by atoms with van der Waals surface area (Å²) in [5.41, 5.74) is 2.66. The fourth-order valence-corrected chi connectivity index (χ4v) is 5.47. The molecule has 0 radical (unpaired) electrons. The summed E-state index contributed by atoms with van der Waals surface area (Å²) >= 11 is 0. The summed E-state index contributed by atoms with van der Waals surface area (Å²) < 4.78 is 0. The molecule has 0 aliphatic carbocycles. The third-order valence-electron chi connectivity index (χ3n) is 7.45. The normalized spacial score (nSPS) is 23.0. The molecule has 4 rings (SSSR count). The summed E-state index contributed by atoms with van der Waals surface area (Å²) in [4.78, 5) is 23.6. The molecule has 1 aromatic carbocycles. The number of likely N-dealkylation sites (tertiary alicyclic amines) is 2. The lowest BCUT2D eigenvalue weighted by Crippen LogP contribution is -2.42. The van der Waals surface area contributed by atoms with E-state index in [9.17, 15) is 4.79 Å². The molecule has 1 amide bonds. The van der Waals surface area contributed by atoms with Crippen molar-refractivity contribution in [2.45, 2.75) is 51.4 Å². The number of rotatable bonds is 7. The zero-order valence-corrected chi connectivity index (χ0v) is 19.4. The molecule has 3 aliphatic heterocycles. The van der Waals surface area contributed by atoms with Crippen LogP contribution in [0.5, 0.6) is 0 Å². The first-order valence-corrected chi connectivity index (χ1v) is 12.3. The first-order chi connectivity index (χ1) is 15.2. The smallest absolute Gasteiger partial charge is 0.222 e. The molecule has 1 N–H and O–H groups in total. The number of carbonyl (C=O) groups excluding carboxylic acids is 1. The van der Waals surface area contributed by atoms with Crippen LogP contribution >= 0.6 is 0 Å². The van der Waals surface area contributed by atoms with Gasteiger partial charge in [0.05, 0.1) is 0 Å². The second-order valence-electron chi connectivity index (χ2n) is 9.28. The summed E-state index contributed by atoms with van der Waals surface area (Å²) in [6, 6.07) is 8.71. The van der Waals surface area contributed by atoms with E-state index in [1.165, 1.54) is 50.1 Å². The minimum Gasteiger partial charge on any atom is -0.356 e. The van der Waals surface area contributed by atoms with Gasteiger partial charge in [0.1, 0.15) is 0 Å². The van der Waals surface area contributed by atoms with Gasteiger partial charge in [-0.05, 0) is 69.3 Å². The Morgan fingerprint density at radius 1 is 1.16 bits per heavy atom. The van der Waals surface area contributed by atoms with Crippen molar-refractivity contribution in [3.8, 4) is 0 Å². The molecule has 31 heavy (non-hydrogen) atoms. The van der Waals surface area contributed by atoms with Gasteiger partial charge in [-0.3, -0.25) is 9.79 Å². The molecule has 6 nitrogen and oxygen atoms in total. The van der Waals surface area contributed by atoms with Crippen LogP contribution in [0.25, 0.3) is 0 Å². The second-order valence-corrected chi connectivity index (χ2v) is 9.28. The Morgan fingerprint density at radius 3 is 2.68 bits per heavy atom. The highest BCUT2D eigenvalue weighted by atomic mass is 16.2. The van der Waals surface area contributed by atoms with Crippen molar-refractivity contribution in [1.29, 1.82) is 0 Å². The first kappa shape index (κ1) is 22.1. The Bertz CT molecular complexity index is 771. The van der Waals surface area contributed by atoms with Crippen LogP contribution in [0.15, 0.2) is 29.3 Å². The minimum atomic E-state index is 0.324. The SMILES string of the molecule is CCN1CCC(CCNC(=NC)N2CC(CCN3CCCC3=O)c3ccccc32)CC1. The van der Waals surface area contributed by atoms with E-state index in [2.05, 4.69) is 51.3 Å². The van der Waals surface area contributed by atoms with Crippen LogP contribution in [0.2, 0.25) is 0 Å². The maximum absolute atomic E-state index is 12.0. The Balaban J connectivity index is 1.32. The highest BCUT2D eigenvalue weighted by Gasteiger charge is 2.32. The van der Waals surface area contributed by atoms with Crippen molar-refractivity contribution in [1.82, 2.24) is 15.1 Å². The molecule has 0 aromatic heterocycles. The number of benzene rings is 1. The van der Waals surface area contributed by atoms with Crippen LogP contribution in [-0.2, 0) is 4.79 Å². The van der Waals surface area contributed by atoms with Gasteiger partial charge < -0.3 is 20.0 Å². The van der Waals surface area contributed by atoms with E-state index in [0.717, 1.165) is 57.3 Å². The number of amides is 1. The summed E-state index contributed by atoms with van der Waals surface area (Å²) in [5.74, 6) is 2.58. The molecule has 3 aliphatic rings. The largest absolute Gasteiger partial charge is 0.356 e. The van der Waals surface area contributed by atoms with E-state index >= 15 is 0 Å². The predicted molar refractivity (Wildman–Crippen MR) is 128 cm³/mol. The molecule has 1 unspecified atom stereocenters. The third kappa shape index (κ3) is 5.22. The van der Waals surface area contributed by atoms with Crippen LogP contribution in [-0.4, -0.2) is 74.5 Å². The van der Waals surface area contributed by atoms with Crippen LogP contribution < -0.4 is 10.2 Å². The lowest BCUT2D eigenvalue weighted by molar-refractivity contribution is -0.127. The number of anilines is 1. The van der Waals surface area contributed by atoms with Gasteiger partial charge in [-0.1, -0.05) is 25.1 Å². The summed E-state index contributed by atoms with van der Waals surface area (Å²) in [5, 5.41) is 3.65. The molecule has 0 saturated carbocycles. The van der Waals surface area contributed by atoms with Crippen LogP contribution in [0.1, 0.15) is 56.9 Å². The van der Waals surface area contributed by atoms with E-state index < -0.39 is 0 Å². The lowest BCUT2D eigenvalue weighted by Gasteiger charge is -2.31. The number of hydrogen-bond acceptors (Lipinski definition) is 3. The van der Waals surface area contributed by atoms with Gasteiger partial charge >= 0.3 is 0 Å². The van der Waals surface area contributed by atoms with Crippen LogP contribution in [0, 0.1) is 5.92 Å².